The molecule has 0 fully saturated rings. The summed E-state index contributed by atoms with van der Waals surface area (Å²) in [5.41, 5.74) is 4.47. The van der Waals surface area contributed by atoms with Gasteiger partial charge in [0.2, 0.25) is 5.91 Å². The summed E-state index contributed by atoms with van der Waals surface area (Å²) < 4.78 is 0. The largest absolute Gasteiger partial charge is 0.374 e. The zero-order valence-electron chi connectivity index (χ0n) is 12.5. The maximum Gasteiger partial charge on any atom is 0.246 e. The van der Waals surface area contributed by atoms with Gasteiger partial charge >= 0.3 is 0 Å². The van der Waals surface area contributed by atoms with Gasteiger partial charge in [0.1, 0.15) is 0 Å². The smallest absolute Gasteiger partial charge is 0.246 e. The van der Waals surface area contributed by atoms with Crippen molar-refractivity contribution in [1.29, 1.82) is 0 Å². The highest BCUT2D eigenvalue weighted by atomic mass is 16.2. The van der Waals surface area contributed by atoms with Crippen molar-refractivity contribution in [1.82, 2.24) is 0 Å². The van der Waals surface area contributed by atoms with Gasteiger partial charge in [0.25, 0.3) is 0 Å². The quantitative estimate of drug-likeness (QED) is 0.928. The first-order chi connectivity index (χ1) is 10.1. The summed E-state index contributed by atoms with van der Waals surface area (Å²) in [6.07, 6.45) is 0. The van der Waals surface area contributed by atoms with Gasteiger partial charge in [-0.25, -0.2) is 0 Å². The molecule has 0 saturated heterocycles. The van der Waals surface area contributed by atoms with Crippen LogP contribution in [0.25, 0.3) is 0 Å². The van der Waals surface area contributed by atoms with Crippen molar-refractivity contribution in [2.24, 2.45) is 0 Å². The topological polar surface area (TPSA) is 32.3 Å². The summed E-state index contributed by atoms with van der Waals surface area (Å²) in [5, 5.41) is 3.16. The lowest BCUT2D eigenvalue weighted by atomic mass is 10.0. The summed E-state index contributed by atoms with van der Waals surface area (Å²) in [6, 6.07) is 16.5. The Hall–Kier alpha value is -2.29. The highest BCUT2D eigenvalue weighted by Gasteiger charge is 2.23. The van der Waals surface area contributed by atoms with Crippen LogP contribution in [0.1, 0.15) is 30.9 Å². The highest BCUT2D eigenvalue weighted by Crippen LogP contribution is 2.30. The fourth-order valence-electron chi connectivity index (χ4n) is 2.62. The molecule has 1 aliphatic heterocycles. The average Bonchev–Trinajstić information content (AvgIpc) is 2.51. The van der Waals surface area contributed by atoms with E-state index in [9.17, 15) is 4.79 Å². The molecule has 3 heteroatoms. The summed E-state index contributed by atoms with van der Waals surface area (Å²) >= 11 is 0. The molecule has 2 aromatic rings. The van der Waals surface area contributed by atoms with Crippen molar-refractivity contribution in [2.75, 3.05) is 16.8 Å². The fraction of sp³-hybridized carbons (Fsp3) is 0.278. The van der Waals surface area contributed by atoms with Gasteiger partial charge in [0.15, 0.2) is 0 Å². The van der Waals surface area contributed by atoms with Gasteiger partial charge in [-0.05, 0) is 29.2 Å². The number of para-hydroxylation sites is 2. The molecule has 2 aromatic carbocycles. The van der Waals surface area contributed by atoms with E-state index in [2.05, 4.69) is 43.4 Å². The molecule has 108 valence electrons. The molecule has 0 unspecified atom stereocenters. The van der Waals surface area contributed by atoms with Gasteiger partial charge in [-0.1, -0.05) is 50.2 Å². The third-order valence-corrected chi connectivity index (χ3v) is 3.91. The predicted octanol–water partition coefficient (Wildman–Crippen LogP) is 3.77. The Bertz CT molecular complexity index is 647. The molecule has 3 rings (SSSR count). The number of nitrogens with one attached hydrogen (secondary N) is 1. The van der Waals surface area contributed by atoms with E-state index >= 15 is 0 Å². The van der Waals surface area contributed by atoms with Crippen molar-refractivity contribution in [3.05, 3.63) is 59.7 Å². The molecule has 1 amide bonds. The first-order valence-electron chi connectivity index (χ1n) is 7.37. The molecule has 0 spiro atoms. The van der Waals surface area contributed by atoms with Crippen LogP contribution in [0.5, 0.6) is 0 Å². The zero-order valence-corrected chi connectivity index (χ0v) is 12.5. The van der Waals surface area contributed by atoms with Crippen molar-refractivity contribution >= 4 is 17.3 Å². The van der Waals surface area contributed by atoms with Crippen molar-refractivity contribution in [3.8, 4) is 0 Å². The molecule has 0 saturated carbocycles. The van der Waals surface area contributed by atoms with Crippen LogP contribution in [0.3, 0.4) is 0 Å². The van der Waals surface area contributed by atoms with E-state index in [4.69, 9.17) is 0 Å². The van der Waals surface area contributed by atoms with E-state index in [0.717, 1.165) is 16.9 Å². The Morgan fingerprint density at radius 2 is 1.81 bits per heavy atom. The van der Waals surface area contributed by atoms with Crippen LogP contribution >= 0.6 is 0 Å². The van der Waals surface area contributed by atoms with Crippen LogP contribution in [0, 0.1) is 0 Å². The SMILES string of the molecule is CC(C)c1ccc(CN2C(=O)CNc3ccccc32)cc1. The third kappa shape index (κ3) is 2.77. The van der Waals surface area contributed by atoms with E-state index in [1.165, 1.54) is 5.56 Å². The Labute approximate surface area is 125 Å². The first-order valence-corrected chi connectivity index (χ1v) is 7.37. The number of hydrogen-bond acceptors (Lipinski definition) is 2. The van der Waals surface area contributed by atoms with E-state index in [1.54, 1.807) is 0 Å². The molecular formula is C18H20N2O. The number of nitrogens with zero attached hydrogens (tertiary/aromatic N) is 1. The Morgan fingerprint density at radius 1 is 1.10 bits per heavy atom. The number of carbonyl (C=O) groups excluding carboxylic acids is 1. The second-order valence-corrected chi connectivity index (χ2v) is 5.75. The number of rotatable bonds is 3. The standard InChI is InChI=1S/C18H20N2O/c1-13(2)15-9-7-14(8-10-15)12-20-17-6-4-3-5-16(17)19-11-18(20)21/h3-10,13,19H,11-12H2,1-2H3. The second kappa shape index (κ2) is 5.60. The molecule has 1 N–H and O–H groups in total. The first kappa shape index (κ1) is 13.7. The molecule has 0 atom stereocenters. The zero-order chi connectivity index (χ0) is 14.8. The average molecular weight is 280 g/mol. The summed E-state index contributed by atoms with van der Waals surface area (Å²) in [5.74, 6) is 0.641. The molecule has 1 aliphatic rings. The minimum atomic E-state index is 0.113. The molecule has 0 aliphatic carbocycles. The van der Waals surface area contributed by atoms with E-state index in [1.807, 2.05) is 29.2 Å². The van der Waals surface area contributed by atoms with Gasteiger partial charge < -0.3 is 10.2 Å². The molecule has 1 heterocycles. The van der Waals surface area contributed by atoms with Crippen LogP contribution in [0.2, 0.25) is 0 Å². The van der Waals surface area contributed by atoms with Crippen LogP contribution < -0.4 is 10.2 Å². The minimum Gasteiger partial charge on any atom is -0.374 e. The summed E-state index contributed by atoms with van der Waals surface area (Å²) in [4.78, 5) is 14.1. The lowest BCUT2D eigenvalue weighted by molar-refractivity contribution is -0.117. The van der Waals surface area contributed by atoms with Crippen molar-refractivity contribution < 1.29 is 4.79 Å². The molecular weight excluding hydrogens is 260 g/mol. The molecule has 21 heavy (non-hydrogen) atoms. The van der Waals surface area contributed by atoms with Crippen LogP contribution in [0.4, 0.5) is 11.4 Å². The van der Waals surface area contributed by atoms with Crippen molar-refractivity contribution in [2.45, 2.75) is 26.3 Å². The summed E-state index contributed by atoms with van der Waals surface area (Å²) in [6.45, 7) is 5.35. The highest BCUT2D eigenvalue weighted by molar-refractivity contribution is 6.02. The van der Waals surface area contributed by atoms with Crippen LogP contribution in [-0.2, 0) is 11.3 Å². The number of anilines is 2. The molecule has 0 radical (unpaired) electrons. The van der Waals surface area contributed by atoms with Gasteiger partial charge in [0.05, 0.1) is 24.5 Å². The van der Waals surface area contributed by atoms with Gasteiger partial charge in [-0.3, -0.25) is 4.79 Å². The predicted molar refractivity (Wildman–Crippen MR) is 86.7 cm³/mol. The summed E-state index contributed by atoms with van der Waals surface area (Å²) in [7, 11) is 0. The number of hydrogen-bond donors (Lipinski definition) is 1. The molecule has 0 aromatic heterocycles. The van der Waals surface area contributed by atoms with E-state index in [-0.39, 0.29) is 5.91 Å². The lowest BCUT2D eigenvalue weighted by Crippen LogP contribution is -2.39. The normalized spacial score (nSPS) is 14.0. The van der Waals surface area contributed by atoms with E-state index in [0.29, 0.717) is 19.0 Å². The Kier molecular flexibility index (Phi) is 3.65. The third-order valence-electron chi connectivity index (χ3n) is 3.91. The molecule has 3 nitrogen and oxygen atoms in total. The maximum absolute atomic E-state index is 12.2. The van der Waals surface area contributed by atoms with Gasteiger partial charge in [0, 0.05) is 0 Å². The van der Waals surface area contributed by atoms with Crippen molar-refractivity contribution in [3.63, 3.8) is 0 Å². The number of carbonyl (C=O) groups is 1. The van der Waals surface area contributed by atoms with E-state index < -0.39 is 0 Å². The monoisotopic (exact) mass is 280 g/mol. The maximum atomic E-state index is 12.2. The van der Waals surface area contributed by atoms with Crippen LogP contribution in [-0.4, -0.2) is 12.5 Å². The Morgan fingerprint density at radius 3 is 2.52 bits per heavy atom. The van der Waals surface area contributed by atoms with Crippen LogP contribution in [0.15, 0.2) is 48.5 Å². The lowest BCUT2D eigenvalue weighted by Gasteiger charge is -2.30. The van der Waals surface area contributed by atoms with Gasteiger partial charge in [-0.15, -0.1) is 0 Å². The van der Waals surface area contributed by atoms with Gasteiger partial charge in [-0.2, -0.15) is 0 Å². The number of fused-ring (bicyclic) bond motifs is 1. The Balaban J connectivity index is 1.85. The molecule has 0 bridgehead atoms. The fourth-order valence-corrected chi connectivity index (χ4v) is 2.62. The minimum absolute atomic E-state index is 0.113. The number of amides is 1. The second-order valence-electron chi connectivity index (χ2n) is 5.75. The number of benzene rings is 2.